The summed E-state index contributed by atoms with van der Waals surface area (Å²) in [7, 11) is 4.24. The summed E-state index contributed by atoms with van der Waals surface area (Å²) in [6.07, 6.45) is 16.8. The molecule has 0 saturated heterocycles. The predicted octanol–water partition coefficient (Wildman–Crippen LogP) is 6.57. The van der Waals surface area contributed by atoms with Gasteiger partial charge in [-0.2, -0.15) is 0 Å². The van der Waals surface area contributed by atoms with Crippen LogP contribution >= 0.6 is 0 Å². The van der Waals surface area contributed by atoms with Gasteiger partial charge in [-0.05, 0) is 44.6 Å². The maximum absolute atomic E-state index is 6.16. The molecular weight excluding hydrogens is 332 g/mol. The zero-order valence-electron chi connectivity index (χ0n) is 17.9. The fourth-order valence-electron chi connectivity index (χ4n) is 3.65. The minimum Gasteiger partial charge on any atom is -0.493 e. The van der Waals surface area contributed by atoms with Gasteiger partial charge in [-0.15, -0.1) is 0 Å². The van der Waals surface area contributed by atoms with E-state index >= 15 is 0 Å². The van der Waals surface area contributed by atoms with Crippen LogP contribution in [0.2, 0.25) is 0 Å². The van der Waals surface area contributed by atoms with Crippen molar-refractivity contribution in [1.29, 1.82) is 0 Å². The van der Waals surface area contributed by atoms with Crippen LogP contribution < -0.4 is 4.74 Å². The van der Waals surface area contributed by atoms with Crippen LogP contribution in [0.25, 0.3) is 10.9 Å². The zero-order chi connectivity index (χ0) is 19.3. The number of aromatic amines is 1. The number of ether oxygens (including phenoxy) is 1. The molecule has 0 amide bonds. The Balaban J connectivity index is 1.67. The van der Waals surface area contributed by atoms with E-state index in [-0.39, 0.29) is 0 Å². The summed E-state index contributed by atoms with van der Waals surface area (Å²) in [5, 5.41) is 1.27. The van der Waals surface area contributed by atoms with Crippen molar-refractivity contribution in [3.05, 3.63) is 30.0 Å². The van der Waals surface area contributed by atoms with E-state index in [0.717, 1.165) is 31.7 Å². The molecule has 1 aromatic heterocycles. The summed E-state index contributed by atoms with van der Waals surface area (Å²) in [4.78, 5) is 5.62. The summed E-state index contributed by atoms with van der Waals surface area (Å²) < 4.78 is 6.16. The summed E-state index contributed by atoms with van der Waals surface area (Å²) in [6.45, 7) is 4.16. The Morgan fingerprint density at radius 1 is 0.889 bits per heavy atom. The first-order valence-corrected chi connectivity index (χ1v) is 11.1. The van der Waals surface area contributed by atoms with Gasteiger partial charge in [0.15, 0.2) is 0 Å². The topological polar surface area (TPSA) is 28.3 Å². The van der Waals surface area contributed by atoms with Crippen LogP contribution in [0.1, 0.15) is 76.7 Å². The smallest absolute Gasteiger partial charge is 0.128 e. The lowest BCUT2D eigenvalue weighted by Gasteiger charge is -2.11. The van der Waals surface area contributed by atoms with Crippen molar-refractivity contribution in [2.75, 3.05) is 27.2 Å². The first-order valence-electron chi connectivity index (χ1n) is 11.1. The van der Waals surface area contributed by atoms with E-state index in [1.54, 1.807) is 0 Å². The molecule has 1 heterocycles. The van der Waals surface area contributed by atoms with Gasteiger partial charge in [0.1, 0.15) is 5.75 Å². The van der Waals surface area contributed by atoms with E-state index < -0.39 is 0 Å². The number of rotatable bonds is 15. The highest BCUT2D eigenvalue weighted by Gasteiger charge is 2.10. The quantitative estimate of drug-likeness (QED) is 0.358. The van der Waals surface area contributed by atoms with Gasteiger partial charge in [-0.1, -0.05) is 70.8 Å². The Kier molecular flexibility index (Phi) is 10.4. The molecule has 0 aliphatic carbocycles. The van der Waals surface area contributed by atoms with Crippen LogP contribution in [-0.2, 0) is 6.42 Å². The van der Waals surface area contributed by atoms with Gasteiger partial charge >= 0.3 is 0 Å². The second-order valence-electron chi connectivity index (χ2n) is 8.08. The van der Waals surface area contributed by atoms with E-state index in [4.69, 9.17) is 4.74 Å². The predicted molar refractivity (Wildman–Crippen MR) is 118 cm³/mol. The Hall–Kier alpha value is -1.48. The Morgan fingerprint density at radius 2 is 1.56 bits per heavy atom. The molecule has 3 heteroatoms. The van der Waals surface area contributed by atoms with Crippen LogP contribution in [0.5, 0.6) is 5.75 Å². The van der Waals surface area contributed by atoms with Gasteiger partial charge in [-0.25, -0.2) is 0 Å². The normalized spacial score (nSPS) is 11.6. The summed E-state index contributed by atoms with van der Waals surface area (Å²) in [5.41, 5.74) is 2.54. The third-order valence-electron chi connectivity index (χ3n) is 5.33. The van der Waals surface area contributed by atoms with Gasteiger partial charge in [0.25, 0.3) is 0 Å². The van der Waals surface area contributed by atoms with Crippen molar-refractivity contribution in [3.8, 4) is 5.75 Å². The van der Waals surface area contributed by atoms with Gasteiger partial charge < -0.3 is 14.6 Å². The molecule has 27 heavy (non-hydrogen) atoms. The number of likely N-dealkylation sites (N-methyl/N-ethyl adjacent to an activating group) is 1. The molecule has 1 N–H and O–H groups in total. The lowest BCUT2D eigenvalue weighted by atomic mass is 10.1. The molecule has 0 unspecified atom stereocenters. The SMILES string of the molecule is CCCCCCCCCCCCOc1cccc2[nH]cc(CCN(C)C)c12. The van der Waals surface area contributed by atoms with Crippen LogP contribution in [0.4, 0.5) is 0 Å². The molecule has 1 aromatic carbocycles. The summed E-state index contributed by atoms with van der Waals surface area (Å²) in [5.74, 6) is 1.04. The maximum Gasteiger partial charge on any atom is 0.128 e. The molecule has 0 aliphatic heterocycles. The van der Waals surface area contributed by atoms with Crippen LogP contribution in [0, 0.1) is 0 Å². The largest absolute Gasteiger partial charge is 0.493 e. The number of unbranched alkanes of at least 4 members (excludes halogenated alkanes) is 9. The number of hydrogen-bond acceptors (Lipinski definition) is 2. The van der Waals surface area contributed by atoms with Crippen molar-refractivity contribution in [2.24, 2.45) is 0 Å². The van der Waals surface area contributed by atoms with Crippen molar-refractivity contribution < 1.29 is 4.74 Å². The standard InChI is InChI=1S/C24H40N2O/c1-4-5-6-7-8-9-10-11-12-13-19-27-23-16-14-15-22-24(23)21(20-25-22)17-18-26(2)3/h14-16,20,25H,4-13,17-19H2,1-3H3. The number of nitrogens with zero attached hydrogens (tertiary/aromatic N) is 1. The number of fused-ring (bicyclic) bond motifs is 1. The van der Waals surface area contributed by atoms with E-state index in [1.807, 2.05) is 0 Å². The number of H-pyrrole nitrogens is 1. The van der Waals surface area contributed by atoms with Crippen LogP contribution in [0.15, 0.2) is 24.4 Å². The van der Waals surface area contributed by atoms with E-state index in [9.17, 15) is 0 Å². The first-order chi connectivity index (χ1) is 13.2. The number of nitrogens with one attached hydrogen (secondary N) is 1. The molecule has 3 nitrogen and oxygen atoms in total. The van der Waals surface area contributed by atoms with Crippen molar-refractivity contribution >= 4 is 10.9 Å². The molecule has 0 saturated carbocycles. The Labute approximate surface area is 166 Å². The molecule has 0 radical (unpaired) electrons. The average Bonchev–Trinajstić information content (AvgIpc) is 3.08. The third-order valence-corrected chi connectivity index (χ3v) is 5.33. The zero-order valence-corrected chi connectivity index (χ0v) is 17.9. The van der Waals surface area contributed by atoms with E-state index in [0.29, 0.717) is 0 Å². The fourth-order valence-corrected chi connectivity index (χ4v) is 3.65. The molecule has 0 aliphatic rings. The lowest BCUT2D eigenvalue weighted by molar-refractivity contribution is 0.307. The highest BCUT2D eigenvalue weighted by Crippen LogP contribution is 2.29. The van der Waals surface area contributed by atoms with Crippen LogP contribution in [0.3, 0.4) is 0 Å². The number of benzene rings is 1. The molecule has 152 valence electrons. The Bertz CT molecular complexity index is 632. The van der Waals surface area contributed by atoms with Gasteiger partial charge in [0.2, 0.25) is 0 Å². The Morgan fingerprint density at radius 3 is 2.22 bits per heavy atom. The second kappa shape index (κ2) is 12.8. The van der Waals surface area contributed by atoms with Gasteiger partial charge in [0, 0.05) is 23.6 Å². The summed E-state index contributed by atoms with van der Waals surface area (Å²) in [6, 6.07) is 6.34. The molecule has 0 atom stereocenters. The van der Waals surface area contributed by atoms with Crippen molar-refractivity contribution in [3.63, 3.8) is 0 Å². The van der Waals surface area contributed by atoms with Crippen molar-refractivity contribution in [1.82, 2.24) is 9.88 Å². The maximum atomic E-state index is 6.16. The molecular formula is C24H40N2O. The third kappa shape index (κ3) is 7.96. The highest BCUT2D eigenvalue weighted by molar-refractivity contribution is 5.89. The second-order valence-corrected chi connectivity index (χ2v) is 8.08. The molecule has 0 bridgehead atoms. The summed E-state index contributed by atoms with van der Waals surface area (Å²) >= 11 is 0. The lowest BCUT2D eigenvalue weighted by Crippen LogP contribution is -2.14. The highest BCUT2D eigenvalue weighted by atomic mass is 16.5. The average molecular weight is 373 g/mol. The van der Waals surface area contributed by atoms with Crippen LogP contribution in [-0.4, -0.2) is 37.1 Å². The minimum absolute atomic E-state index is 0.827. The van der Waals surface area contributed by atoms with Gasteiger partial charge in [-0.3, -0.25) is 0 Å². The monoisotopic (exact) mass is 372 g/mol. The molecule has 2 aromatic rings. The van der Waals surface area contributed by atoms with Crippen molar-refractivity contribution in [2.45, 2.75) is 77.6 Å². The van der Waals surface area contributed by atoms with E-state index in [2.05, 4.69) is 55.3 Å². The first kappa shape index (κ1) is 21.8. The number of hydrogen-bond donors (Lipinski definition) is 1. The number of aromatic nitrogens is 1. The molecule has 2 rings (SSSR count). The fraction of sp³-hybridized carbons (Fsp3) is 0.667. The molecule has 0 fully saturated rings. The van der Waals surface area contributed by atoms with E-state index in [1.165, 1.54) is 74.3 Å². The minimum atomic E-state index is 0.827. The molecule has 0 spiro atoms. The van der Waals surface area contributed by atoms with Gasteiger partial charge in [0.05, 0.1) is 6.61 Å².